The summed E-state index contributed by atoms with van der Waals surface area (Å²) < 4.78 is 4.26. The van der Waals surface area contributed by atoms with Crippen LogP contribution in [0.25, 0.3) is 0 Å². The lowest BCUT2D eigenvalue weighted by Gasteiger charge is -1.99. The molecule has 0 amide bonds. The van der Waals surface area contributed by atoms with E-state index in [0.29, 0.717) is 0 Å². The molecule has 68 valence electrons. The maximum absolute atomic E-state index is 11.1. The van der Waals surface area contributed by atoms with Gasteiger partial charge in [0, 0.05) is 0 Å². The van der Waals surface area contributed by atoms with Crippen LogP contribution in [0, 0.1) is 0 Å². The van der Waals surface area contributed by atoms with Crippen molar-refractivity contribution in [2.75, 3.05) is 6.61 Å². The van der Waals surface area contributed by atoms with Crippen molar-refractivity contribution in [2.24, 2.45) is 0 Å². The molecule has 0 saturated heterocycles. The van der Waals surface area contributed by atoms with Gasteiger partial charge in [-0.15, -0.1) is 0 Å². The lowest BCUT2D eigenvalue weighted by molar-refractivity contribution is -0.141. The van der Waals surface area contributed by atoms with Gasteiger partial charge in [0.05, 0.1) is 5.56 Å². The number of hydrogen-bond acceptors (Lipinski definition) is 4. The summed E-state index contributed by atoms with van der Waals surface area (Å²) in [6, 6.07) is 8.09. The predicted octanol–water partition coefficient (Wildman–Crippen LogP) is 0.362. The SMILES string of the molecule is O=C(CO)OC(=O)c1ccccc1. The van der Waals surface area contributed by atoms with Gasteiger partial charge in [0.1, 0.15) is 6.61 Å². The number of benzene rings is 1. The molecule has 0 aliphatic heterocycles. The van der Waals surface area contributed by atoms with Gasteiger partial charge in [-0.2, -0.15) is 0 Å². The summed E-state index contributed by atoms with van der Waals surface area (Å²) in [5, 5.41) is 8.30. The molecular weight excluding hydrogens is 172 g/mol. The largest absolute Gasteiger partial charge is 0.388 e. The topological polar surface area (TPSA) is 63.6 Å². The molecule has 0 saturated carbocycles. The zero-order valence-electron chi connectivity index (χ0n) is 6.77. The van der Waals surface area contributed by atoms with Crippen molar-refractivity contribution < 1.29 is 19.4 Å². The number of hydrogen-bond donors (Lipinski definition) is 1. The molecule has 1 aromatic rings. The first-order chi connectivity index (χ1) is 6.24. The van der Waals surface area contributed by atoms with Gasteiger partial charge in [-0.05, 0) is 12.1 Å². The highest BCUT2D eigenvalue weighted by Gasteiger charge is 2.10. The molecule has 0 radical (unpaired) electrons. The molecule has 0 aliphatic carbocycles. The van der Waals surface area contributed by atoms with Crippen molar-refractivity contribution in [3.8, 4) is 0 Å². The van der Waals surface area contributed by atoms with Crippen molar-refractivity contribution in [1.82, 2.24) is 0 Å². The van der Waals surface area contributed by atoms with Crippen LogP contribution in [0.5, 0.6) is 0 Å². The van der Waals surface area contributed by atoms with Gasteiger partial charge in [0.25, 0.3) is 0 Å². The normalized spacial score (nSPS) is 9.31. The number of aliphatic hydroxyl groups excluding tert-OH is 1. The van der Waals surface area contributed by atoms with Crippen LogP contribution in [0.1, 0.15) is 10.4 Å². The molecule has 1 N–H and O–H groups in total. The second kappa shape index (κ2) is 4.37. The van der Waals surface area contributed by atoms with Gasteiger partial charge in [0.15, 0.2) is 0 Å². The Labute approximate surface area is 74.8 Å². The minimum Gasteiger partial charge on any atom is -0.388 e. The Morgan fingerprint density at radius 3 is 2.38 bits per heavy atom. The average Bonchev–Trinajstić information content (AvgIpc) is 2.19. The van der Waals surface area contributed by atoms with E-state index in [0.717, 1.165) is 0 Å². The summed E-state index contributed by atoms with van der Waals surface area (Å²) in [5.41, 5.74) is 0.282. The van der Waals surface area contributed by atoms with Gasteiger partial charge >= 0.3 is 11.9 Å². The van der Waals surface area contributed by atoms with Crippen LogP contribution in [-0.4, -0.2) is 23.7 Å². The number of carbonyl (C=O) groups excluding carboxylic acids is 2. The zero-order valence-corrected chi connectivity index (χ0v) is 6.77. The molecule has 0 unspecified atom stereocenters. The third-order valence-electron chi connectivity index (χ3n) is 1.35. The average molecular weight is 180 g/mol. The molecular formula is C9H8O4. The molecule has 1 rings (SSSR count). The second-order valence-electron chi connectivity index (χ2n) is 2.29. The first-order valence-electron chi connectivity index (χ1n) is 3.65. The Balaban J connectivity index is 2.65. The van der Waals surface area contributed by atoms with Gasteiger partial charge in [0.2, 0.25) is 0 Å². The highest BCUT2D eigenvalue weighted by Crippen LogP contribution is 2.00. The minimum atomic E-state index is -0.950. The fourth-order valence-electron chi connectivity index (χ4n) is 0.769. The summed E-state index contributed by atoms with van der Waals surface area (Å²) in [4.78, 5) is 21.6. The van der Waals surface area contributed by atoms with Gasteiger partial charge in [-0.3, -0.25) is 0 Å². The van der Waals surface area contributed by atoms with Crippen molar-refractivity contribution in [1.29, 1.82) is 0 Å². The van der Waals surface area contributed by atoms with E-state index < -0.39 is 18.5 Å². The lowest BCUT2D eigenvalue weighted by Crippen LogP contribution is -2.15. The Morgan fingerprint density at radius 2 is 1.85 bits per heavy atom. The van der Waals surface area contributed by atoms with E-state index in [1.165, 1.54) is 12.1 Å². The third-order valence-corrected chi connectivity index (χ3v) is 1.35. The highest BCUT2D eigenvalue weighted by molar-refractivity contribution is 5.96. The van der Waals surface area contributed by atoms with E-state index in [1.807, 2.05) is 0 Å². The summed E-state index contributed by atoms with van der Waals surface area (Å²) in [6.45, 7) is -0.793. The number of ether oxygens (including phenoxy) is 1. The van der Waals surface area contributed by atoms with Crippen LogP contribution in [0.2, 0.25) is 0 Å². The van der Waals surface area contributed by atoms with Crippen LogP contribution in [-0.2, 0) is 9.53 Å². The van der Waals surface area contributed by atoms with Gasteiger partial charge < -0.3 is 9.84 Å². The maximum Gasteiger partial charge on any atom is 0.345 e. The smallest absolute Gasteiger partial charge is 0.345 e. The first kappa shape index (κ1) is 9.41. The van der Waals surface area contributed by atoms with Crippen LogP contribution in [0.4, 0.5) is 0 Å². The molecule has 0 spiro atoms. The van der Waals surface area contributed by atoms with Crippen LogP contribution in [0.3, 0.4) is 0 Å². The van der Waals surface area contributed by atoms with E-state index in [-0.39, 0.29) is 5.56 Å². The predicted molar refractivity (Wildman–Crippen MR) is 44.0 cm³/mol. The molecule has 4 nitrogen and oxygen atoms in total. The highest BCUT2D eigenvalue weighted by atomic mass is 16.6. The van der Waals surface area contributed by atoms with E-state index in [9.17, 15) is 9.59 Å². The summed E-state index contributed by atoms with van der Waals surface area (Å²) >= 11 is 0. The van der Waals surface area contributed by atoms with Crippen molar-refractivity contribution >= 4 is 11.9 Å². The molecule has 0 fully saturated rings. The lowest BCUT2D eigenvalue weighted by atomic mass is 10.2. The van der Waals surface area contributed by atoms with Crippen LogP contribution in [0.15, 0.2) is 30.3 Å². The Morgan fingerprint density at radius 1 is 1.23 bits per heavy atom. The molecule has 1 aromatic carbocycles. The number of carbonyl (C=O) groups is 2. The van der Waals surface area contributed by atoms with Crippen LogP contribution < -0.4 is 0 Å². The Hall–Kier alpha value is -1.68. The number of rotatable bonds is 2. The molecule has 0 aliphatic rings. The molecule has 0 heterocycles. The fourth-order valence-corrected chi connectivity index (χ4v) is 0.769. The molecule has 0 atom stereocenters. The Kier molecular flexibility index (Phi) is 3.16. The second-order valence-corrected chi connectivity index (χ2v) is 2.29. The summed E-state index contributed by atoms with van der Waals surface area (Å²) in [6.07, 6.45) is 0. The minimum absolute atomic E-state index is 0.282. The number of esters is 2. The quantitative estimate of drug-likeness (QED) is 0.527. The van der Waals surface area contributed by atoms with Crippen molar-refractivity contribution in [3.63, 3.8) is 0 Å². The third kappa shape index (κ3) is 2.68. The summed E-state index contributed by atoms with van der Waals surface area (Å²) in [5.74, 6) is -1.70. The first-order valence-corrected chi connectivity index (χ1v) is 3.65. The molecule has 13 heavy (non-hydrogen) atoms. The maximum atomic E-state index is 11.1. The van der Waals surface area contributed by atoms with Gasteiger partial charge in [-0.1, -0.05) is 18.2 Å². The van der Waals surface area contributed by atoms with Crippen molar-refractivity contribution in [3.05, 3.63) is 35.9 Å². The number of aliphatic hydroxyl groups is 1. The van der Waals surface area contributed by atoms with Gasteiger partial charge in [-0.25, -0.2) is 9.59 Å². The van der Waals surface area contributed by atoms with E-state index >= 15 is 0 Å². The fraction of sp³-hybridized carbons (Fsp3) is 0.111. The Bertz CT molecular complexity index is 305. The summed E-state index contributed by atoms with van der Waals surface area (Å²) in [7, 11) is 0. The molecule has 0 aromatic heterocycles. The van der Waals surface area contributed by atoms with E-state index in [4.69, 9.17) is 5.11 Å². The zero-order chi connectivity index (χ0) is 9.68. The van der Waals surface area contributed by atoms with Crippen molar-refractivity contribution in [2.45, 2.75) is 0 Å². The van der Waals surface area contributed by atoms with E-state index in [2.05, 4.69) is 4.74 Å². The molecule has 4 heteroatoms. The molecule has 0 bridgehead atoms. The van der Waals surface area contributed by atoms with E-state index in [1.54, 1.807) is 18.2 Å². The standard InChI is InChI=1S/C9H8O4/c10-6-8(11)13-9(12)7-4-2-1-3-5-7/h1-5,10H,6H2. The van der Waals surface area contributed by atoms with Crippen LogP contribution >= 0.6 is 0 Å². The monoisotopic (exact) mass is 180 g/mol.